The van der Waals surface area contributed by atoms with Crippen LogP contribution in [0, 0.1) is 6.92 Å². The molecule has 0 spiro atoms. The Labute approximate surface area is 122 Å². The largest absolute Gasteiger partial charge is 0.399 e. The molecular weight excluding hydrogens is 262 g/mol. The number of carbonyl (C=O) groups excluding carboxylic acids is 1. The third-order valence-corrected chi connectivity index (χ3v) is 3.34. The number of hydrogen-bond donors (Lipinski definition) is 2. The summed E-state index contributed by atoms with van der Waals surface area (Å²) in [5, 5.41) is 3.86. The molecule has 0 aliphatic rings. The van der Waals surface area contributed by atoms with E-state index in [2.05, 4.69) is 10.3 Å². The van der Waals surface area contributed by atoms with Crippen LogP contribution in [0.2, 0.25) is 0 Å². The van der Waals surface area contributed by atoms with Crippen molar-refractivity contribution in [1.29, 1.82) is 0 Å². The molecule has 0 saturated heterocycles. The number of rotatable bonds is 2. The predicted octanol–water partition coefficient (Wildman–Crippen LogP) is 3.38. The second kappa shape index (κ2) is 5.25. The minimum Gasteiger partial charge on any atom is -0.399 e. The van der Waals surface area contributed by atoms with Gasteiger partial charge in [-0.1, -0.05) is 30.3 Å². The zero-order valence-corrected chi connectivity index (χ0v) is 11.6. The number of para-hydroxylation sites is 1. The fourth-order valence-electron chi connectivity index (χ4n) is 2.15. The van der Waals surface area contributed by atoms with E-state index >= 15 is 0 Å². The van der Waals surface area contributed by atoms with Gasteiger partial charge in [0.15, 0.2) is 0 Å². The van der Waals surface area contributed by atoms with E-state index in [-0.39, 0.29) is 5.91 Å². The van der Waals surface area contributed by atoms with E-state index in [1.165, 1.54) is 0 Å². The minimum atomic E-state index is -0.241. The third kappa shape index (κ3) is 2.69. The molecule has 3 rings (SSSR count). The molecule has 0 unspecified atom stereocenters. The Kier molecular flexibility index (Phi) is 3.28. The maximum absolute atomic E-state index is 12.3. The Hall–Kier alpha value is -2.88. The van der Waals surface area contributed by atoms with Gasteiger partial charge in [0.1, 0.15) is 5.69 Å². The number of aryl methyl sites for hydroxylation is 1. The Morgan fingerprint density at radius 1 is 1.10 bits per heavy atom. The number of pyridine rings is 1. The number of anilines is 2. The molecule has 2 aromatic carbocycles. The Bertz CT molecular complexity index is 827. The highest BCUT2D eigenvalue weighted by molar-refractivity contribution is 6.04. The second-order valence-electron chi connectivity index (χ2n) is 4.92. The van der Waals surface area contributed by atoms with Crippen LogP contribution >= 0.6 is 0 Å². The van der Waals surface area contributed by atoms with Crippen molar-refractivity contribution in [2.75, 3.05) is 11.1 Å². The van der Waals surface area contributed by atoms with Gasteiger partial charge in [0.25, 0.3) is 5.91 Å². The minimum absolute atomic E-state index is 0.241. The molecule has 3 aromatic rings. The first-order valence-electron chi connectivity index (χ1n) is 6.67. The van der Waals surface area contributed by atoms with Crippen molar-refractivity contribution >= 4 is 28.2 Å². The van der Waals surface area contributed by atoms with Crippen LogP contribution < -0.4 is 11.1 Å². The molecule has 4 nitrogen and oxygen atoms in total. The average molecular weight is 277 g/mol. The highest BCUT2D eigenvalue weighted by atomic mass is 16.1. The van der Waals surface area contributed by atoms with Gasteiger partial charge in [-0.25, -0.2) is 4.98 Å². The summed E-state index contributed by atoms with van der Waals surface area (Å²) in [5.74, 6) is -0.241. The van der Waals surface area contributed by atoms with Gasteiger partial charge in [0, 0.05) is 16.8 Å². The molecule has 1 aromatic heterocycles. The van der Waals surface area contributed by atoms with Gasteiger partial charge in [-0.15, -0.1) is 0 Å². The predicted molar refractivity (Wildman–Crippen MR) is 85.3 cm³/mol. The molecule has 0 atom stereocenters. The van der Waals surface area contributed by atoms with E-state index in [0.717, 1.165) is 16.5 Å². The number of hydrogen-bond acceptors (Lipinski definition) is 3. The molecule has 4 heteroatoms. The van der Waals surface area contributed by atoms with Crippen molar-refractivity contribution in [3.8, 4) is 0 Å². The van der Waals surface area contributed by atoms with Crippen LogP contribution in [0.3, 0.4) is 0 Å². The lowest BCUT2D eigenvalue weighted by Crippen LogP contribution is -2.14. The van der Waals surface area contributed by atoms with Crippen molar-refractivity contribution in [3.63, 3.8) is 0 Å². The summed E-state index contributed by atoms with van der Waals surface area (Å²) < 4.78 is 0. The van der Waals surface area contributed by atoms with Gasteiger partial charge in [-0.3, -0.25) is 4.79 Å². The van der Waals surface area contributed by atoms with Crippen LogP contribution in [-0.4, -0.2) is 10.9 Å². The maximum atomic E-state index is 12.3. The number of aromatic nitrogens is 1. The zero-order valence-electron chi connectivity index (χ0n) is 11.6. The molecule has 1 amide bonds. The van der Waals surface area contributed by atoms with Crippen molar-refractivity contribution in [2.45, 2.75) is 6.92 Å². The van der Waals surface area contributed by atoms with Crippen LogP contribution in [0.5, 0.6) is 0 Å². The van der Waals surface area contributed by atoms with Gasteiger partial charge in [0.05, 0.1) is 5.52 Å². The van der Waals surface area contributed by atoms with Crippen LogP contribution in [0.15, 0.2) is 54.6 Å². The highest BCUT2D eigenvalue weighted by Gasteiger charge is 2.10. The summed E-state index contributed by atoms with van der Waals surface area (Å²) in [5.41, 5.74) is 9.21. The topological polar surface area (TPSA) is 68.0 Å². The molecule has 104 valence electrons. The number of amides is 1. The molecule has 0 aliphatic heterocycles. The molecule has 0 fully saturated rings. The summed E-state index contributed by atoms with van der Waals surface area (Å²) in [6.07, 6.45) is 0. The summed E-state index contributed by atoms with van der Waals surface area (Å²) in [4.78, 5) is 16.7. The molecule has 3 N–H and O–H groups in total. The van der Waals surface area contributed by atoms with E-state index < -0.39 is 0 Å². The summed E-state index contributed by atoms with van der Waals surface area (Å²) in [7, 11) is 0. The standard InChI is InChI=1S/C17H15N3O/c1-11-6-8-13(18)10-16(11)20-17(21)15-9-7-12-4-2-3-5-14(12)19-15/h2-10H,18H2,1H3,(H,20,21). The number of benzene rings is 2. The summed E-state index contributed by atoms with van der Waals surface area (Å²) in [6, 6.07) is 16.7. The Balaban J connectivity index is 1.91. The van der Waals surface area contributed by atoms with Crippen LogP contribution in [0.1, 0.15) is 16.1 Å². The summed E-state index contributed by atoms with van der Waals surface area (Å²) >= 11 is 0. The number of nitrogens with two attached hydrogens (primary N) is 1. The number of fused-ring (bicyclic) bond motifs is 1. The summed E-state index contributed by atoms with van der Waals surface area (Å²) in [6.45, 7) is 1.92. The average Bonchev–Trinajstić information content (AvgIpc) is 2.50. The third-order valence-electron chi connectivity index (χ3n) is 3.34. The molecule has 0 saturated carbocycles. The fraction of sp³-hybridized carbons (Fsp3) is 0.0588. The monoisotopic (exact) mass is 277 g/mol. The van der Waals surface area contributed by atoms with E-state index in [1.807, 2.05) is 43.3 Å². The van der Waals surface area contributed by atoms with Crippen LogP contribution in [0.4, 0.5) is 11.4 Å². The van der Waals surface area contributed by atoms with Crippen molar-refractivity contribution < 1.29 is 4.79 Å². The van der Waals surface area contributed by atoms with E-state index in [4.69, 9.17) is 5.73 Å². The molecule has 0 bridgehead atoms. The van der Waals surface area contributed by atoms with E-state index in [0.29, 0.717) is 17.1 Å². The van der Waals surface area contributed by atoms with Crippen molar-refractivity contribution in [2.24, 2.45) is 0 Å². The first-order chi connectivity index (χ1) is 10.1. The van der Waals surface area contributed by atoms with Crippen molar-refractivity contribution in [3.05, 3.63) is 65.9 Å². The van der Waals surface area contributed by atoms with Crippen LogP contribution in [0.25, 0.3) is 10.9 Å². The maximum Gasteiger partial charge on any atom is 0.274 e. The SMILES string of the molecule is Cc1ccc(N)cc1NC(=O)c1ccc2ccccc2n1. The molecule has 0 radical (unpaired) electrons. The van der Waals surface area contributed by atoms with Crippen LogP contribution in [-0.2, 0) is 0 Å². The molecular formula is C17H15N3O. The van der Waals surface area contributed by atoms with Gasteiger partial charge in [0.2, 0.25) is 0 Å². The Morgan fingerprint density at radius 2 is 1.90 bits per heavy atom. The lowest BCUT2D eigenvalue weighted by atomic mass is 10.1. The van der Waals surface area contributed by atoms with E-state index in [9.17, 15) is 4.79 Å². The van der Waals surface area contributed by atoms with Gasteiger partial charge in [-0.2, -0.15) is 0 Å². The molecule has 0 aliphatic carbocycles. The van der Waals surface area contributed by atoms with Gasteiger partial charge in [-0.05, 0) is 36.8 Å². The quantitative estimate of drug-likeness (QED) is 0.706. The first kappa shape index (κ1) is 13.1. The lowest BCUT2D eigenvalue weighted by molar-refractivity contribution is 0.102. The van der Waals surface area contributed by atoms with E-state index in [1.54, 1.807) is 18.2 Å². The smallest absolute Gasteiger partial charge is 0.274 e. The normalized spacial score (nSPS) is 10.5. The van der Waals surface area contributed by atoms with Crippen molar-refractivity contribution in [1.82, 2.24) is 4.98 Å². The second-order valence-corrected chi connectivity index (χ2v) is 4.92. The first-order valence-corrected chi connectivity index (χ1v) is 6.67. The van der Waals surface area contributed by atoms with Gasteiger partial charge >= 0.3 is 0 Å². The lowest BCUT2D eigenvalue weighted by Gasteiger charge is -2.09. The number of nitrogen functional groups attached to an aromatic ring is 1. The van der Waals surface area contributed by atoms with Gasteiger partial charge < -0.3 is 11.1 Å². The zero-order chi connectivity index (χ0) is 14.8. The number of carbonyl (C=O) groups is 1. The fourth-order valence-corrected chi connectivity index (χ4v) is 2.15. The molecule has 1 heterocycles. The molecule has 21 heavy (non-hydrogen) atoms. The number of nitrogens with zero attached hydrogens (tertiary/aromatic N) is 1. The number of nitrogens with one attached hydrogen (secondary N) is 1. The Morgan fingerprint density at radius 3 is 2.76 bits per heavy atom. The highest BCUT2D eigenvalue weighted by Crippen LogP contribution is 2.19.